The first-order valence-corrected chi connectivity index (χ1v) is 8.22. The molecule has 0 spiro atoms. The van der Waals surface area contributed by atoms with Crippen LogP contribution in [0.15, 0.2) is 0 Å². The average molecular weight is 247 g/mol. The van der Waals surface area contributed by atoms with Crippen LogP contribution in [0.5, 0.6) is 0 Å². The van der Waals surface area contributed by atoms with Crippen LogP contribution >= 0.6 is 11.8 Å². The Balaban J connectivity index is 0. The summed E-state index contributed by atoms with van der Waals surface area (Å²) in [6, 6.07) is 0. The molecule has 1 N–H and O–H groups in total. The minimum absolute atomic E-state index is 0.961. The zero-order valence-electron chi connectivity index (χ0n) is 12.1. The molecule has 1 aliphatic heterocycles. The Morgan fingerprint density at radius 2 is 1.56 bits per heavy atom. The second-order valence-corrected chi connectivity index (χ2v) is 5.29. The first-order valence-electron chi connectivity index (χ1n) is 7.17. The van der Waals surface area contributed by atoms with Crippen LogP contribution in [0.1, 0.15) is 66.7 Å². The van der Waals surface area contributed by atoms with Crippen LogP contribution in [0.2, 0.25) is 0 Å². The van der Waals surface area contributed by atoms with E-state index in [9.17, 15) is 0 Å². The van der Waals surface area contributed by atoms with Gasteiger partial charge in [-0.25, -0.2) is 0 Å². The maximum Gasteiger partial charge on any atom is 0.00711 e. The van der Waals surface area contributed by atoms with Gasteiger partial charge >= 0.3 is 0 Å². The summed E-state index contributed by atoms with van der Waals surface area (Å²) in [5.74, 6) is 1.38. The van der Waals surface area contributed by atoms with Crippen LogP contribution in [0, 0.1) is 0 Å². The van der Waals surface area contributed by atoms with Crippen LogP contribution in [0.4, 0.5) is 0 Å². The average Bonchev–Trinajstić information content (AvgIpc) is 2.34. The molecule has 1 fully saturated rings. The Kier molecular flexibility index (Phi) is 20.6. The molecule has 0 bridgehead atoms. The van der Waals surface area contributed by atoms with Gasteiger partial charge in [0.2, 0.25) is 0 Å². The molecule has 0 radical (unpaired) electrons. The molecule has 1 heterocycles. The fourth-order valence-electron chi connectivity index (χ4n) is 1.36. The summed E-state index contributed by atoms with van der Waals surface area (Å²) >= 11 is 2.18. The van der Waals surface area contributed by atoms with Crippen molar-refractivity contribution in [3.63, 3.8) is 0 Å². The van der Waals surface area contributed by atoms with E-state index in [1.165, 1.54) is 50.9 Å². The lowest BCUT2D eigenvalue weighted by Gasteiger charge is -2.21. The zero-order chi connectivity index (χ0) is 12.6. The van der Waals surface area contributed by atoms with E-state index >= 15 is 0 Å². The monoisotopic (exact) mass is 247 g/mol. The Labute approximate surface area is 108 Å². The summed E-state index contributed by atoms with van der Waals surface area (Å²) in [5, 5.41) is 4.35. The maximum atomic E-state index is 3.39. The minimum atomic E-state index is 0.961. The van der Waals surface area contributed by atoms with E-state index in [1.54, 1.807) is 0 Å². The van der Waals surface area contributed by atoms with Gasteiger partial charge in [0, 0.05) is 5.25 Å². The molecular weight excluding hydrogens is 214 g/mol. The highest BCUT2D eigenvalue weighted by molar-refractivity contribution is 7.99. The molecule has 0 amide bonds. The van der Waals surface area contributed by atoms with E-state index in [4.69, 9.17) is 0 Å². The number of piperidine rings is 1. The zero-order valence-corrected chi connectivity index (χ0v) is 13.0. The van der Waals surface area contributed by atoms with Crippen molar-refractivity contribution in [1.82, 2.24) is 5.32 Å². The lowest BCUT2D eigenvalue weighted by molar-refractivity contribution is 0.531. The van der Waals surface area contributed by atoms with Crippen molar-refractivity contribution < 1.29 is 0 Å². The molecule has 16 heavy (non-hydrogen) atoms. The third kappa shape index (κ3) is 14.3. The predicted octanol–water partition coefficient (Wildman–Crippen LogP) is 4.71. The van der Waals surface area contributed by atoms with E-state index in [1.807, 2.05) is 13.8 Å². The van der Waals surface area contributed by atoms with Gasteiger partial charge in [-0.15, -0.1) is 0 Å². The summed E-state index contributed by atoms with van der Waals surface area (Å²) in [5.41, 5.74) is 0. The van der Waals surface area contributed by atoms with Crippen molar-refractivity contribution in [2.24, 2.45) is 0 Å². The molecular formula is C14H33NS. The maximum absolute atomic E-state index is 3.39. The largest absolute Gasteiger partial charge is 0.317 e. The third-order valence-electron chi connectivity index (χ3n) is 2.14. The lowest BCUT2D eigenvalue weighted by atomic mass is 10.2. The fraction of sp³-hybridized carbons (Fsp3) is 1.00. The number of hydrogen-bond acceptors (Lipinski definition) is 2. The minimum Gasteiger partial charge on any atom is -0.317 e. The van der Waals surface area contributed by atoms with Gasteiger partial charge in [-0.05, 0) is 38.1 Å². The summed E-state index contributed by atoms with van der Waals surface area (Å²) in [6.07, 6.45) is 6.76. The molecule has 0 unspecified atom stereocenters. The first-order chi connectivity index (χ1) is 7.85. The van der Waals surface area contributed by atoms with Gasteiger partial charge in [0.15, 0.2) is 0 Å². The third-order valence-corrected chi connectivity index (χ3v) is 3.60. The smallest absolute Gasteiger partial charge is 0.00711 e. The molecule has 1 nitrogen and oxygen atoms in total. The summed E-state index contributed by atoms with van der Waals surface area (Å²) in [7, 11) is 0. The summed E-state index contributed by atoms with van der Waals surface area (Å²) < 4.78 is 0. The normalized spacial score (nSPS) is 15.6. The van der Waals surface area contributed by atoms with Crippen molar-refractivity contribution in [3.8, 4) is 0 Å². The van der Waals surface area contributed by atoms with Crippen LogP contribution in [0.25, 0.3) is 0 Å². The number of rotatable bonds is 4. The predicted molar refractivity (Wildman–Crippen MR) is 80.6 cm³/mol. The number of hydrogen-bond donors (Lipinski definition) is 1. The molecule has 1 aliphatic rings. The Bertz CT molecular complexity index is 101. The summed E-state index contributed by atoms with van der Waals surface area (Å²) in [4.78, 5) is 0. The van der Waals surface area contributed by atoms with E-state index < -0.39 is 0 Å². The standard InChI is InChI=1S/C9H19NS.C3H8.C2H6/c1-2-3-8-11-9-4-6-10-7-5-9;1-3-2;1-2/h9-10H,2-8H2,1H3;3H2,1-2H3;1-2H3. The second kappa shape index (κ2) is 17.7. The highest BCUT2D eigenvalue weighted by atomic mass is 32.2. The molecule has 2 heteroatoms. The van der Waals surface area contributed by atoms with Gasteiger partial charge in [0.05, 0.1) is 0 Å². The van der Waals surface area contributed by atoms with Gasteiger partial charge in [-0.2, -0.15) is 11.8 Å². The fourth-order valence-corrected chi connectivity index (χ4v) is 2.71. The Morgan fingerprint density at radius 3 is 2.00 bits per heavy atom. The van der Waals surface area contributed by atoms with Crippen molar-refractivity contribution in [1.29, 1.82) is 0 Å². The number of unbranched alkanes of at least 4 members (excludes halogenated alkanes) is 1. The van der Waals surface area contributed by atoms with Crippen molar-refractivity contribution in [2.45, 2.75) is 72.0 Å². The van der Waals surface area contributed by atoms with Gasteiger partial charge in [-0.3, -0.25) is 0 Å². The topological polar surface area (TPSA) is 12.0 Å². The van der Waals surface area contributed by atoms with Crippen LogP contribution < -0.4 is 5.32 Å². The van der Waals surface area contributed by atoms with E-state index in [0.717, 1.165) is 5.25 Å². The van der Waals surface area contributed by atoms with Crippen molar-refractivity contribution in [3.05, 3.63) is 0 Å². The highest BCUT2D eigenvalue weighted by Crippen LogP contribution is 2.20. The molecule has 1 rings (SSSR count). The van der Waals surface area contributed by atoms with E-state index in [-0.39, 0.29) is 0 Å². The van der Waals surface area contributed by atoms with Gasteiger partial charge in [-0.1, -0.05) is 47.5 Å². The molecule has 0 atom stereocenters. The second-order valence-electron chi connectivity index (χ2n) is 3.88. The van der Waals surface area contributed by atoms with E-state index in [0.29, 0.717) is 0 Å². The molecule has 0 aromatic carbocycles. The molecule has 0 aromatic rings. The lowest BCUT2D eigenvalue weighted by Crippen LogP contribution is -2.29. The van der Waals surface area contributed by atoms with Gasteiger partial charge < -0.3 is 5.32 Å². The van der Waals surface area contributed by atoms with Crippen LogP contribution in [-0.4, -0.2) is 24.1 Å². The Morgan fingerprint density at radius 1 is 1.06 bits per heavy atom. The van der Waals surface area contributed by atoms with Crippen LogP contribution in [-0.2, 0) is 0 Å². The molecule has 0 aliphatic carbocycles. The quantitative estimate of drug-likeness (QED) is 0.722. The SMILES string of the molecule is CC.CCC.CCCCSC1CCNCC1. The number of thioether (sulfide) groups is 1. The van der Waals surface area contributed by atoms with Gasteiger partial charge in [0.1, 0.15) is 0 Å². The summed E-state index contributed by atoms with van der Waals surface area (Å²) in [6.45, 7) is 13.0. The molecule has 1 saturated heterocycles. The Hall–Kier alpha value is 0.310. The highest BCUT2D eigenvalue weighted by Gasteiger charge is 2.11. The molecule has 0 aromatic heterocycles. The van der Waals surface area contributed by atoms with Crippen molar-refractivity contribution in [2.75, 3.05) is 18.8 Å². The molecule has 0 saturated carbocycles. The van der Waals surface area contributed by atoms with Crippen LogP contribution in [0.3, 0.4) is 0 Å². The van der Waals surface area contributed by atoms with Gasteiger partial charge in [0.25, 0.3) is 0 Å². The first kappa shape index (κ1) is 18.7. The van der Waals surface area contributed by atoms with Crippen molar-refractivity contribution >= 4 is 11.8 Å². The van der Waals surface area contributed by atoms with E-state index in [2.05, 4.69) is 37.8 Å². The molecule has 100 valence electrons. The number of nitrogens with one attached hydrogen (secondary N) is 1.